The molecule has 0 radical (unpaired) electrons. The van der Waals surface area contributed by atoms with E-state index in [9.17, 15) is 4.79 Å². The van der Waals surface area contributed by atoms with Gasteiger partial charge in [-0.3, -0.25) is 0 Å². The van der Waals surface area contributed by atoms with Crippen LogP contribution in [0.25, 0.3) is 0 Å². The predicted octanol–water partition coefficient (Wildman–Crippen LogP) is 1.75. The van der Waals surface area contributed by atoms with Crippen LogP contribution in [-0.4, -0.2) is 51.5 Å². The van der Waals surface area contributed by atoms with Gasteiger partial charge < -0.3 is 25.0 Å². The second kappa shape index (κ2) is 7.55. The number of ether oxygens (including phenoxy) is 2. The van der Waals surface area contributed by atoms with Gasteiger partial charge in [0.1, 0.15) is 5.75 Å². The molecule has 2 N–H and O–H groups in total. The first-order valence-corrected chi connectivity index (χ1v) is 8.29. The van der Waals surface area contributed by atoms with Gasteiger partial charge in [0.05, 0.1) is 12.8 Å². The van der Waals surface area contributed by atoms with E-state index in [1.807, 2.05) is 18.2 Å². The Morgan fingerprint density at radius 2 is 1.91 bits per heavy atom. The number of benzene rings is 1. The Morgan fingerprint density at radius 1 is 1.17 bits per heavy atom. The first kappa shape index (κ1) is 15.9. The third kappa shape index (κ3) is 4.07. The number of urea groups is 1. The Bertz CT molecular complexity index is 532. The summed E-state index contributed by atoms with van der Waals surface area (Å²) in [5, 5.41) is 6.14. The smallest absolute Gasteiger partial charge is 0.315 e. The molecule has 126 valence electrons. The van der Waals surface area contributed by atoms with Gasteiger partial charge in [-0.2, -0.15) is 0 Å². The van der Waals surface area contributed by atoms with Gasteiger partial charge in [-0.05, 0) is 31.4 Å². The minimum absolute atomic E-state index is 0.0659. The highest BCUT2D eigenvalue weighted by Gasteiger charge is 2.26. The number of nitrogens with zero attached hydrogens (tertiary/aromatic N) is 1. The zero-order valence-corrected chi connectivity index (χ0v) is 13.6. The van der Waals surface area contributed by atoms with Crippen LogP contribution in [0.3, 0.4) is 0 Å². The molecule has 6 nitrogen and oxygen atoms in total. The van der Waals surface area contributed by atoms with E-state index < -0.39 is 0 Å². The molecule has 2 aliphatic heterocycles. The number of amides is 2. The minimum atomic E-state index is -0.0659. The van der Waals surface area contributed by atoms with Crippen LogP contribution in [0, 0.1) is 0 Å². The van der Waals surface area contributed by atoms with Crippen molar-refractivity contribution in [3.8, 4) is 5.75 Å². The Kier molecular flexibility index (Phi) is 5.23. The molecular formula is C17H25N3O3. The summed E-state index contributed by atoms with van der Waals surface area (Å²) in [5.74, 6) is 0.875. The molecule has 6 heteroatoms. The molecule has 2 heterocycles. The van der Waals surface area contributed by atoms with E-state index in [-0.39, 0.29) is 18.1 Å². The molecule has 23 heavy (non-hydrogen) atoms. The molecule has 0 aromatic heterocycles. The van der Waals surface area contributed by atoms with Crippen molar-refractivity contribution in [1.82, 2.24) is 10.6 Å². The summed E-state index contributed by atoms with van der Waals surface area (Å²) in [6.07, 6.45) is 2.73. The number of nitrogens with one attached hydrogen (secondary N) is 2. The zero-order valence-electron chi connectivity index (χ0n) is 13.6. The van der Waals surface area contributed by atoms with Crippen LogP contribution in [0.1, 0.15) is 19.3 Å². The van der Waals surface area contributed by atoms with E-state index in [1.165, 1.54) is 0 Å². The van der Waals surface area contributed by atoms with Gasteiger partial charge in [0, 0.05) is 38.4 Å². The van der Waals surface area contributed by atoms with Gasteiger partial charge in [-0.15, -0.1) is 0 Å². The lowest BCUT2D eigenvalue weighted by molar-refractivity contribution is 0.0800. The summed E-state index contributed by atoms with van der Waals surface area (Å²) >= 11 is 0. The van der Waals surface area contributed by atoms with Crippen molar-refractivity contribution >= 4 is 11.7 Å². The van der Waals surface area contributed by atoms with Gasteiger partial charge in [-0.25, -0.2) is 4.79 Å². The van der Waals surface area contributed by atoms with Crippen molar-refractivity contribution in [2.75, 3.05) is 38.3 Å². The highest BCUT2D eigenvalue weighted by molar-refractivity contribution is 5.75. The maximum atomic E-state index is 12.1. The van der Waals surface area contributed by atoms with Gasteiger partial charge in [0.15, 0.2) is 0 Å². The average molecular weight is 319 g/mol. The van der Waals surface area contributed by atoms with Crippen LogP contribution in [0.2, 0.25) is 0 Å². The lowest BCUT2D eigenvalue weighted by Gasteiger charge is -2.24. The molecule has 2 saturated heterocycles. The van der Waals surface area contributed by atoms with E-state index in [0.717, 1.165) is 57.0 Å². The quantitative estimate of drug-likeness (QED) is 0.887. The molecule has 1 unspecified atom stereocenters. The minimum Gasteiger partial charge on any atom is -0.495 e. The molecular weight excluding hydrogens is 294 g/mol. The summed E-state index contributed by atoms with van der Waals surface area (Å²) < 4.78 is 10.7. The number of rotatable bonds is 4. The van der Waals surface area contributed by atoms with Crippen LogP contribution >= 0.6 is 0 Å². The van der Waals surface area contributed by atoms with Gasteiger partial charge in [-0.1, -0.05) is 12.1 Å². The first-order chi connectivity index (χ1) is 11.3. The van der Waals surface area contributed by atoms with Crippen LogP contribution in [-0.2, 0) is 4.74 Å². The largest absolute Gasteiger partial charge is 0.495 e. The standard InChI is InChI=1S/C17H25N3O3/c1-22-16-5-3-2-4-15(16)20-9-6-14(12-20)19-17(21)18-13-7-10-23-11-8-13/h2-5,13-14H,6-12H2,1H3,(H2,18,19,21). The zero-order chi connectivity index (χ0) is 16.1. The second-order valence-corrected chi connectivity index (χ2v) is 6.11. The predicted molar refractivity (Wildman–Crippen MR) is 89.1 cm³/mol. The number of hydrogen-bond donors (Lipinski definition) is 2. The molecule has 2 fully saturated rings. The molecule has 1 atom stereocenters. The van der Waals surface area contributed by atoms with Gasteiger partial charge in [0.25, 0.3) is 0 Å². The molecule has 3 rings (SSSR count). The summed E-state index contributed by atoms with van der Waals surface area (Å²) in [6, 6.07) is 8.34. The van der Waals surface area contributed by atoms with Crippen molar-refractivity contribution in [2.24, 2.45) is 0 Å². The average Bonchev–Trinajstić information content (AvgIpc) is 3.03. The Balaban J connectivity index is 1.50. The lowest BCUT2D eigenvalue weighted by atomic mass is 10.1. The van der Waals surface area contributed by atoms with Gasteiger partial charge in [0.2, 0.25) is 0 Å². The SMILES string of the molecule is COc1ccccc1N1CCC(NC(=O)NC2CCOCC2)C1. The van der Waals surface area contributed by atoms with Crippen molar-refractivity contribution in [3.63, 3.8) is 0 Å². The fourth-order valence-electron chi connectivity index (χ4n) is 3.24. The fraction of sp³-hybridized carbons (Fsp3) is 0.588. The molecule has 1 aromatic rings. The second-order valence-electron chi connectivity index (χ2n) is 6.11. The van der Waals surface area contributed by atoms with Crippen LogP contribution in [0.15, 0.2) is 24.3 Å². The van der Waals surface area contributed by atoms with E-state index in [4.69, 9.17) is 9.47 Å². The highest BCUT2D eigenvalue weighted by atomic mass is 16.5. The van der Waals surface area contributed by atoms with Crippen LogP contribution in [0.5, 0.6) is 5.75 Å². The van der Waals surface area contributed by atoms with Gasteiger partial charge >= 0.3 is 6.03 Å². The van der Waals surface area contributed by atoms with Crippen LogP contribution in [0.4, 0.5) is 10.5 Å². The molecule has 2 aliphatic rings. The lowest BCUT2D eigenvalue weighted by Crippen LogP contribution is -2.48. The van der Waals surface area contributed by atoms with E-state index in [2.05, 4.69) is 21.6 Å². The van der Waals surface area contributed by atoms with E-state index >= 15 is 0 Å². The van der Waals surface area contributed by atoms with E-state index in [1.54, 1.807) is 7.11 Å². The van der Waals surface area contributed by atoms with Crippen molar-refractivity contribution in [2.45, 2.75) is 31.3 Å². The molecule has 0 bridgehead atoms. The Morgan fingerprint density at radius 3 is 2.70 bits per heavy atom. The summed E-state index contributed by atoms with van der Waals surface area (Å²) in [6.45, 7) is 3.19. The molecule has 2 amide bonds. The monoisotopic (exact) mass is 319 g/mol. The normalized spacial score (nSPS) is 22.0. The number of para-hydroxylation sites is 2. The number of anilines is 1. The first-order valence-electron chi connectivity index (χ1n) is 8.29. The number of methoxy groups -OCH3 is 1. The van der Waals surface area contributed by atoms with Crippen molar-refractivity contribution in [3.05, 3.63) is 24.3 Å². The topological polar surface area (TPSA) is 62.8 Å². The third-order valence-corrected chi connectivity index (χ3v) is 4.51. The molecule has 1 aromatic carbocycles. The molecule has 0 saturated carbocycles. The highest BCUT2D eigenvalue weighted by Crippen LogP contribution is 2.30. The van der Waals surface area contributed by atoms with Crippen molar-refractivity contribution in [1.29, 1.82) is 0 Å². The summed E-state index contributed by atoms with van der Waals surface area (Å²) in [4.78, 5) is 14.4. The van der Waals surface area contributed by atoms with Crippen LogP contribution < -0.4 is 20.3 Å². The third-order valence-electron chi connectivity index (χ3n) is 4.51. The molecule has 0 aliphatic carbocycles. The maximum absolute atomic E-state index is 12.1. The number of carbonyl (C=O) groups excluding carboxylic acids is 1. The van der Waals surface area contributed by atoms with E-state index in [0.29, 0.717) is 0 Å². The Hall–Kier alpha value is -1.95. The van der Waals surface area contributed by atoms with Crippen molar-refractivity contribution < 1.29 is 14.3 Å². The summed E-state index contributed by atoms with van der Waals surface area (Å²) in [5.41, 5.74) is 1.09. The fourth-order valence-corrected chi connectivity index (χ4v) is 3.24. The molecule has 0 spiro atoms. The number of hydrogen-bond acceptors (Lipinski definition) is 4. The maximum Gasteiger partial charge on any atom is 0.315 e. The Labute approximate surface area is 137 Å². The summed E-state index contributed by atoms with van der Waals surface area (Å²) in [7, 11) is 1.69. The number of carbonyl (C=O) groups is 1.